The third-order valence-electron chi connectivity index (χ3n) is 2.76. The zero-order valence-corrected chi connectivity index (χ0v) is 13.4. The number of rotatable bonds is 2. The number of aliphatic hydroxyl groups is 1. The molecule has 0 aliphatic carbocycles. The number of halogens is 2. The summed E-state index contributed by atoms with van der Waals surface area (Å²) in [5.41, 5.74) is 4.13. The van der Waals surface area contributed by atoms with E-state index in [1.54, 1.807) is 0 Å². The van der Waals surface area contributed by atoms with Gasteiger partial charge in [0, 0.05) is 8.95 Å². The summed E-state index contributed by atoms with van der Waals surface area (Å²) in [6.07, 6.45) is -0.600. The van der Waals surface area contributed by atoms with Crippen LogP contribution in [0, 0.1) is 13.8 Å². The van der Waals surface area contributed by atoms with Gasteiger partial charge in [-0.05, 0) is 43.2 Å². The molecule has 0 aliphatic rings. The van der Waals surface area contributed by atoms with Gasteiger partial charge in [0.2, 0.25) is 0 Å². The van der Waals surface area contributed by atoms with Crippen molar-refractivity contribution in [3.63, 3.8) is 0 Å². The van der Waals surface area contributed by atoms with Crippen molar-refractivity contribution in [2.75, 3.05) is 0 Å². The molecule has 1 N–H and O–H groups in total. The predicted octanol–water partition coefficient (Wildman–Crippen LogP) is 4.91. The van der Waals surface area contributed by atoms with Crippen LogP contribution in [0.1, 0.15) is 28.4 Å². The summed E-state index contributed by atoms with van der Waals surface area (Å²) in [6, 6.07) is 12.0. The first-order valence-electron chi connectivity index (χ1n) is 5.68. The first-order chi connectivity index (χ1) is 8.45. The molecule has 0 saturated heterocycles. The van der Waals surface area contributed by atoms with E-state index < -0.39 is 6.10 Å². The van der Waals surface area contributed by atoms with Crippen LogP contribution in [0.5, 0.6) is 0 Å². The lowest BCUT2D eigenvalue weighted by Crippen LogP contribution is -2.01. The Kier molecular flexibility index (Phi) is 4.25. The van der Waals surface area contributed by atoms with E-state index in [-0.39, 0.29) is 0 Å². The first kappa shape index (κ1) is 13.8. The fraction of sp³-hybridized carbons (Fsp3) is 0.200. The van der Waals surface area contributed by atoms with Crippen molar-refractivity contribution in [3.05, 3.63) is 67.6 Å². The zero-order chi connectivity index (χ0) is 13.3. The van der Waals surface area contributed by atoms with Crippen LogP contribution in [-0.4, -0.2) is 5.11 Å². The molecule has 94 valence electrons. The number of benzene rings is 2. The van der Waals surface area contributed by atoms with Gasteiger partial charge in [-0.3, -0.25) is 0 Å². The predicted molar refractivity (Wildman–Crippen MR) is 81.8 cm³/mol. The number of hydrogen-bond acceptors (Lipinski definition) is 1. The Morgan fingerprint density at radius 1 is 0.778 bits per heavy atom. The maximum atomic E-state index is 10.4. The molecule has 0 saturated carbocycles. The van der Waals surface area contributed by atoms with E-state index in [1.807, 2.05) is 44.2 Å². The van der Waals surface area contributed by atoms with Crippen LogP contribution in [0.15, 0.2) is 45.3 Å². The van der Waals surface area contributed by atoms with E-state index in [0.717, 1.165) is 31.2 Å². The molecule has 2 aromatic carbocycles. The van der Waals surface area contributed by atoms with Crippen molar-refractivity contribution < 1.29 is 5.11 Å². The van der Waals surface area contributed by atoms with Gasteiger partial charge in [0.15, 0.2) is 0 Å². The summed E-state index contributed by atoms with van der Waals surface area (Å²) in [5, 5.41) is 10.4. The van der Waals surface area contributed by atoms with Gasteiger partial charge >= 0.3 is 0 Å². The average Bonchev–Trinajstić information content (AvgIpc) is 2.25. The average molecular weight is 370 g/mol. The Morgan fingerprint density at radius 2 is 1.22 bits per heavy atom. The Balaban J connectivity index is 2.43. The highest BCUT2D eigenvalue weighted by Gasteiger charge is 2.12. The molecule has 1 unspecified atom stereocenters. The summed E-state index contributed by atoms with van der Waals surface area (Å²) in [6.45, 7) is 4.08. The molecule has 1 nitrogen and oxygen atoms in total. The van der Waals surface area contributed by atoms with Crippen LogP contribution in [-0.2, 0) is 0 Å². The van der Waals surface area contributed by atoms with E-state index in [2.05, 4.69) is 37.9 Å². The van der Waals surface area contributed by atoms with Crippen LogP contribution in [0.4, 0.5) is 0 Å². The largest absolute Gasteiger partial charge is 0.384 e. The molecule has 0 amide bonds. The molecule has 2 aromatic rings. The van der Waals surface area contributed by atoms with E-state index in [9.17, 15) is 5.11 Å². The van der Waals surface area contributed by atoms with E-state index >= 15 is 0 Å². The fourth-order valence-electron chi connectivity index (χ4n) is 2.09. The molecule has 0 heterocycles. The number of aliphatic hydroxyl groups excluding tert-OH is 1. The minimum Gasteiger partial charge on any atom is -0.384 e. The summed E-state index contributed by atoms with van der Waals surface area (Å²) < 4.78 is 1.91. The highest BCUT2D eigenvalue weighted by molar-refractivity contribution is 9.11. The van der Waals surface area contributed by atoms with E-state index in [1.165, 1.54) is 0 Å². The van der Waals surface area contributed by atoms with Gasteiger partial charge in [-0.1, -0.05) is 61.2 Å². The Bertz CT molecular complexity index is 487. The minimum absolute atomic E-state index is 0.600. The van der Waals surface area contributed by atoms with Gasteiger partial charge < -0.3 is 5.11 Å². The van der Waals surface area contributed by atoms with Crippen molar-refractivity contribution in [1.82, 2.24) is 0 Å². The maximum Gasteiger partial charge on any atom is 0.104 e. The Labute approximate surface area is 124 Å². The Hall–Kier alpha value is -0.640. The molecule has 0 radical (unpaired) electrons. The third kappa shape index (κ3) is 3.22. The highest BCUT2D eigenvalue weighted by atomic mass is 79.9. The molecule has 3 heteroatoms. The Morgan fingerprint density at radius 3 is 1.72 bits per heavy atom. The molecule has 18 heavy (non-hydrogen) atoms. The molecule has 1 atom stereocenters. The lowest BCUT2D eigenvalue weighted by Gasteiger charge is -2.14. The summed E-state index contributed by atoms with van der Waals surface area (Å²) in [4.78, 5) is 0. The molecular formula is C15H14Br2O. The second-order valence-electron chi connectivity index (χ2n) is 4.53. The molecule has 0 aliphatic heterocycles. The van der Waals surface area contributed by atoms with Crippen LogP contribution in [0.2, 0.25) is 0 Å². The van der Waals surface area contributed by atoms with Crippen molar-refractivity contribution in [2.24, 2.45) is 0 Å². The van der Waals surface area contributed by atoms with E-state index in [4.69, 9.17) is 0 Å². The van der Waals surface area contributed by atoms with Gasteiger partial charge in [-0.15, -0.1) is 0 Å². The zero-order valence-electron chi connectivity index (χ0n) is 10.2. The quantitative estimate of drug-likeness (QED) is 0.797. The number of aryl methyl sites for hydroxylation is 2. The topological polar surface area (TPSA) is 20.2 Å². The van der Waals surface area contributed by atoms with Gasteiger partial charge in [-0.2, -0.15) is 0 Å². The van der Waals surface area contributed by atoms with Crippen molar-refractivity contribution >= 4 is 31.9 Å². The fourth-order valence-corrected chi connectivity index (χ4v) is 3.42. The van der Waals surface area contributed by atoms with Gasteiger partial charge in [0.1, 0.15) is 6.10 Å². The van der Waals surface area contributed by atoms with Gasteiger partial charge in [0.05, 0.1) is 0 Å². The standard InChI is InChI=1S/C15H14Br2O/c1-9-3-10(2)5-11(4-9)15(18)12-6-13(16)8-14(17)7-12/h3-8,15,18H,1-2H3. The van der Waals surface area contributed by atoms with Crippen LogP contribution < -0.4 is 0 Å². The number of hydrogen-bond donors (Lipinski definition) is 1. The molecule has 2 rings (SSSR count). The van der Waals surface area contributed by atoms with Crippen LogP contribution in [0.25, 0.3) is 0 Å². The lowest BCUT2D eigenvalue weighted by molar-refractivity contribution is 0.220. The molecule has 0 fully saturated rings. The normalized spacial score (nSPS) is 12.5. The van der Waals surface area contributed by atoms with Crippen molar-refractivity contribution in [2.45, 2.75) is 20.0 Å². The molecule has 0 bridgehead atoms. The second kappa shape index (κ2) is 5.55. The minimum atomic E-state index is -0.600. The SMILES string of the molecule is Cc1cc(C)cc(C(O)c2cc(Br)cc(Br)c2)c1. The third-order valence-corrected chi connectivity index (χ3v) is 3.68. The van der Waals surface area contributed by atoms with Crippen LogP contribution in [0.3, 0.4) is 0 Å². The van der Waals surface area contributed by atoms with Crippen molar-refractivity contribution in [3.8, 4) is 0 Å². The highest BCUT2D eigenvalue weighted by Crippen LogP contribution is 2.29. The molecule has 0 aromatic heterocycles. The van der Waals surface area contributed by atoms with E-state index in [0.29, 0.717) is 0 Å². The van der Waals surface area contributed by atoms with Crippen LogP contribution >= 0.6 is 31.9 Å². The van der Waals surface area contributed by atoms with Gasteiger partial charge in [0.25, 0.3) is 0 Å². The molecular weight excluding hydrogens is 356 g/mol. The second-order valence-corrected chi connectivity index (χ2v) is 6.36. The monoisotopic (exact) mass is 368 g/mol. The summed E-state index contributed by atoms with van der Waals surface area (Å²) in [7, 11) is 0. The summed E-state index contributed by atoms with van der Waals surface area (Å²) in [5.74, 6) is 0. The maximum absolute atomic E-state index is 10.4. The summed E-state index contributed by atoms with van der Waals surface area (Å²) >= 11 is 6.88. The first-order valence-corrected chi connectivity index (χ1v) is 7.26. The lowest BCUT2D eigenvalue weighted by atomic mass is 9.98. The van der Waals surface area contributed by atoms with Gasteiger partial charge in [-0.25, -0.2) is 0 Å². The molecule has 0 spiro atoms. The smallest absolute Gasteiger partial charge is 0.104 e. The van der Waals surface area contributed by atoms with Crippen molar-refractivity contribution in [1.29, 1.82) is 0 Å².